The molecule has 0 aliphatic heterocycles. The van der Waals surface area contributed by atoms with E-state index in [1.54, 1.807) is 6.42 Å². The molecule has 0 radical (unpaired) electrons. The SMILES string of the molecule is CCNC(Cc1cccnc1)C1C2CC3CC(C2)CC1C3. The van der Waals surface area contributed by atoms with E-state index in [-0.39, 0.29) is 0 Å². The average Bonchev–Trinajstić information content (AvgIpc) is 2.47. The zero-order valence-corrected chi connectivity index (χ0v) is 13.2. The maximum absolute atomic E-state index is 4.31. The van der Waals surface area contributed by atoms with Crippen LogP contribution in [0.4, 0.5) is 0 Å². The number of aromatic nitrogens is 1. The third-order valence-corrected chi connectivity index (χ3v) is 6.41. The Bertz CT molecular complexity index is 442. The molecule has 0 spiro atoms. The molecule has 4 aliphatic carbocycles. The number of hydrogen-bond acceptors (Lipinski definition) is 2. The van der Waals surface area contributed by atoms with Crippen LogP contribution < -0.4 is 5.32 Å². The normalized spacial score (nSPS) is 38.6. The summed E-state index contributed by atoms with van der Waals surface area (Å²) >= 11 is 0. The zero-order chi connectivity index (χ0) is 14.2. The van der Waals surface area contributed by atoms with Crippen LogP contribution >= 0.6 is 0 Å². The number of rotatable bonds is 5. The summed E-state index contributed by atoms with van der Waals surface area (Å²) in [5.74, 6) is 5.07. The molecule has 2 heteroatoms. The Morgan fingerprint density at radius 2 is 1.86 bits per heavy atom. The van der Waals surface area contributed by atoms with Gasteiger partial charge in [0.05, 0.1) is 0 Å². The molecule has 4 bridgehead atoms. The van der Waals surface area contributed by atoms with Crippen LogP contribution in [0.25, 0.3) is 0 Å². The molecule has 5 rings (SSSR count). The van der Waals surface area contributed by atoms with Crippen molar-refractivity contribution in [3.63, 3.8) is 0 Å². The van der Waals surface area contributed by atoms with E-state index in [4.69, 9.17) is 0 Å². The zero-order valence-electron chi connectivity index (χ0n) is 13.2. The predicted octanol–water partition coefficient (Wildman–Crippen LogP) is 3.67. The third kappa shape index (κ3) is 2.63. The Hall–Kier alpha value is -0.890. The molecule has 4 fully saturated rings. The lowest BCUT2D eigenvalue weighted by atomic mass is 9.50. The van der Waals surface area contributed by atoms with Gasteiger partial charge in [0.15, 0.2) is 0 Å². The van der Waals surface area contributed by atoms with E-state index in [1.807, 2.05) is 6.20 Å². The Morgan fingerprint density at radius 3 is 2.43 bits per heavy atom. The molecule has 1 aromatic heterocycles. The van der Waals surface area contributed by atoms with Gasteiger partial charge in [-0.2, -0.15) is 0 Å². The minimum atomic E-state index is 0.661. The summed E-state index contributed by atoms with van der Waals surface area (Å²) in [7, 11) is 0. The summed E-state index contributed by atoms with van der Waals surface area (Å²) in [6, 6.07) is 4.98. The molecule has 1 N–H and O–H groups in total. The summed E-state index contributed by atoms with van der Waals surface area (Å²) in [4.78, 5) is 4.31. The van der Waals surface area contributed by atoms with Gasteiger partial charge in [-0.1, -0.05) is 13.0 Å². The molecule has 114 valence electrons. The molecule has 1 heterocycles. The van der Waals surface area contributed by atoms with Gasteiger partial charge >= 0.3 is 0 Å². The van der Waals surface area contributed by atoms with E-state index in [1.165, 1.54) is 31.2 Å². The van der Waals surface area contributed by atoms with Crippen LogP contribution in [0.1, 0.15) is 44.6 Å². The van der Waals surface area contributed by atoms with Crippen LogP contribution in [0.15, 0.2) is 24.5 Å². The third-order valence-electron chi connectivity index (χ3n) is 6.41. The fourth-order valence-electron chi connectivity index (χ4n) is 6.00. The van der Waals surface area contributed by atoms with Crippen LogP contribution in [-0.4, -0.2) is 17.6 Å². The molecule has 4 aliphatic rings. The number of nitrogens with one attached hydrogen (secondary N) is 1. The molecule has 1 aromatic rings. The van der Waals surface area contributed by atoms with Crippen LogP contribution in [0, 0.1) is 29.6 Å². The highest BCUT2D eigenvalue weighted by Crippen LogP contribution is 2.57. The van der Waals surface area contributed by atoms with Crippen molar-refractivity contribution < 1.29 is 0 Å². The molecular formula is C19H28N2. The van der Waals surface area contributed by atoms with Gasteiger partial charge in [-0.25, -0.2) is 0 Å². The molecule has 1 atom stereocenters. The van der Waals surface area contributed by atoms with Crippen molar-refractivity contribution in [2.75, 3.05) is 6.54 Å². The first-order chi connectivity index (χ1) is 10.3. The maximum atomic E-state index is 4.31. The highest BCUT2D eigenvalue weighted by Gasteiger charge is 2.50. The van der Waals surface area contributed by atoms with Crippen LogP contribution in [0.5, 0.6) is 0 Å². The first-order valence-corrected chi connectivity index (χ1v) is 8.95. The lowest BCUT2D eigenvalue weighted by molar-refractivity contribution is -0.0515. The van der Waals surface area contributed by atoms with Crippen molar-refractivity contribution in [3.05, 3.63) is 30.1 Å². The first-order valence-electron chi connectivity index (χ1n) is 8.95. The fourth-order valence-corrected chi connectivity index (χ4v) is 6.00. The number of likely N-dealkylation sites (N-methyl/N-ethyl adjacent to an activating group) is 1. The maximum Gasteiger partial charge on any atom is 0.0300 e. The van der Waals surface area contributed by atoms with E-state index < -0.39 is 0 Å². The largest absolute Gasteiger partial charge is 0.314 e. The van der Waals surface area contributed by atoms with E-state index >= 15 is 0 Å². The van der Waals surface area contributed by atoms with Crippen molar-refractivity contribution in [2.45, 2.75) is 51.5 Å². The van der Waals surface area contributed by atoms with Crippen LogP contribution in [0.2, 0.25) is 0 Å². The second-order valence-electron chi connectivity index (χ2n) is 7.74. The molecule has 2 nitrogen and oxygen atoms in total. The van der Waals surface area contributed by atoms with Crippen molar-refractivity contribution >= 4 is 0 Å². The average molecular weight is 284 g/mol. The second-order valence-corrected chi connectivity index (χ2v) is 7.74. The number of nitrogens with zero attached hydrogens (tertiary/aromatic N) is 1. The lowest BCUT2D eigenvalue weighted by Gasteiger charge is -2.56. The van der Waals surface area contributed by atoms with Gasteiger partial charge in [0.2, 0.25) is 0 Å². The molecule has 0 aromatic carbocycles. The highest BCUT2D eigenvalue weighted by atomic mass is 14.9. The van der Waals surface area contributed by atoms with Crippen LogP contribution in [-0.2, 0) is 6.42 Å². The minimum Gasteiger partial charge on any atom is -0.314 e. The van der Waals surface area contributed by atoms with Gasteiger partial charge in [-0.15, -0.1) is 0 Å². The van der Waals surface area contributed by atoms with E-state index in [2.05, 4.69) is 35.6 Å². The van der Waals surface area contributed by atoms with Gasteiger partial charge in [0, 0.05) is 18.4 Å². The molecule has 0 saturated heterocycles. The molecule has 4 saturated carbocycles. The summed E-state index contributed by atoms with van der Waals surface area (Å²) in [6.07, 6.45) is 12.7. The highest BCUT2D eigenvalue weighted by molar-refractivity contribution is 5.12. The molecular weight excluding hydrogens is 256 g/mol. The van der Waals surface area contributed by atoms with Crippen molar-refractivity contribution in [2.24, 2.45) is 29.6 Å². The minimum absolute atomic E-state index is 0.661. The smallest absolute Gasteiger partial charge is 0.0300 e. The summed E-state index contributed by atoms with van der Waals surface area (Å²) < 4.78 is 0. The monoisotopic (exact) mass is 284 g/mol. The Kier molecular flexibility index (Phi) is 3.74. The van der Waals surface area contributed by atoms with Crippen molar-refractivity contribution in [1.29, 1.82) is 0 Å². The van der Waals surface area contributed by atoms with Gasteiger partial charge in [-0.05, 0) is 86.3 Å². The summed E-state index contributed by atoms with van der Waals surface area (Å²) in [5, 5.41) is 3.83. The Labute approximate surface area is 128 Å². The van der Waals surface area contributed by atoms with Gasteiger partial charge in [0.25, 0.3) is 0 Å². The fraction of sp³-hybridized carbons (Fsp3) is 0.737. The number of pyridine rings is 1. The van der Waals surface area contributed by atoms with Crippen LogP contribution in [0.3, 0.4) is 0 Å². The Balaban J connectivity index is 1.53. The standard InChI is InChI=1S/C19H28N2/c1-2-21-18(11-13-4-3-5-20-12-13)19-16-7-14-6-15(9-16)10-17(19)8-14/h3-5,12,14-19,21H,2,6-11H2,1H3. The molecule has 21 heavy (non-hydrogen) atoms. The number of hydrogen-bond donors (Lipinski definition) is 1. The van der Waals surface area contributed by atoms with Crippen molar-refractivity contribution in [3.8, 4) is 0 Å². The second kappa shape index (κ2) is 5.72. The Morgan fingerprint density at radius 1 is 1.14 bits per heavy atom. The van der Waals surface area contributed by atoms with E-state index in [9.17, 15) is 0 Å². The first kappa shape index (κ1) is 13.8. The molecule has 0 amide bonds. The predicted molar refractivity (Wildman–Crippen MR) is 85.9 cm³/mol. The quantitative estimate of drug-likeness (QED) is 0.892. The van der Waals surface area contributed by atoms with E-state index in [0.717, 1.165) is 42.6 Å². The van der Waals surface area contributed by atoms with Gasteiger partial charge in [0.1, 0.15) is 0 Å². The molecule has 1 unspecified atom stereocenters. The van der Waals surface area contributed by atoms with Gasteiger partial charge in [-0.3, -0.25) is 4.98 Å². The summed E-state index contributed by atoms with van der Waals surface area (Å²) in [5.41, 5.74) is 1.40. The summed E-state index contributed by atoms with van der Waals surface area (Å²) in [6.45, 7) is 3.35. The topological polar surface area (TPSA) is 24.9 Å². The van der Waals surface area contributed by atoms with Crippen molar-refractivity contribution in [1.82, 2.24) is 10.3 Å². The van der Waals surface area contributed by atoms with Gasteiger partial charge < -0.3 is 5.32 Å². The lowest BCUT2D eigenvalue weighted by Crippen LogP contribution is -2.53. The van der Waals surface area contributed by atoms with E-state index in [0.29, 0.717) is 6.04 Å².